The number of aliphatic hydroxyl groups is 1. The van der Waals surface area contributed by atoms with E-state index in [9.17, 15) is 0 Å². The van der Waals surface area contributed by atoms with E-state index in [2.05, 4.69) is 14.9 Å². The number of hydrogen-bond donors (Lipinski definition) is 1. The minimum atomic E-state index is 0.159. The molecule has 0 spiro atoms. The van der Waals surface area contributed by atoms with Crippen molar-refractivity contribution in [3.63, 3.8) is 0 Å². The molecular weight excluding hydrogens is 262 g/mol. The summed E-state index contributed by atoms with van der Waals surface area (Å²) < 4.78 is 0. The van der Waals surface area contributed by atoms with Crippen molar-refractivity contribution in [3.8, 4) is 0 Å². The van der Waals surface area contributed by atoms with Gasteiger partial charge in [0, 0.05) is 37.1 Å². The van der Waals surface area contributed by atoms with Crippen LogP contribution in [0.3, 0.4) is 0 Å². The Morgan fingerprint density at radius 1 is 1.26 bits per heavy atom. The third-order valence-electron chi connectivity index (χ3n) is 2.72. The van der Waals surface area contributed by atoms with Gasteiger partial charge >= 0.3 is 0 Å². The molecule has 0 fully saturated rings. The van der Waals surface area contributed by atoms with E-state index in [0.29, 0.717) is 13.0 Å². The van der Waals surface area contributed by atoms with E-state index in [1.165, 1.54) is 0 Å². The topological polar surface area (TPSA) is 49.2 Å². The van der Waals surface area contributed by atoms with Crippen molar-refractivity contribution in [1.29, 1.82) is 0 Å². The van der Waals surface area contributed by atoms with Crippen LogP contribution >= 0.6 is 11.6 Å². The standard InChI is InChI=1S/C14H16ClN3O/c15-13-4-1-3-12(9-13)11-18(7-2-8-19)14-10-16-5-6-17-14/h1,3-6,9-10,19H,2,7-8,11H2. The van der Waals surface area contributed by atoms with E-state index in [0.717, 1.165) is 22.9 Å². The van der Waals surface area contributed by atoms with Crippen molar-refractivity contribution < 1.29 is 5.11 Å². The number of aromatic nitrogens is 2. The Labute approximate surface area is 117 Å². The first-order chi connectivity index (χ1) is 9.29. The third kappa shape index (κ3) is 4.19. The summed E-state index contributed by atoms with van der Waals surface area (Å²) in [4.78, 5) is 10.5. The van der Waals surface area contributed by atoms with Crippen molar-refractivity contribution >= 4 is 17.4 Å². The monoisotopic (exact) mass is 277 g/mol. The summed E-state index contributed by atoms with van der Waals surface area (Å²) in [5.41, 5.74) is 1.11. The molecule has 19 heavy (non-hydrogen) atoms. The summed E-state index contributed by atoms with van der Waals surface area (Å²) in [6.07, 6.45) is 5.73. The highest BCUT2D eigenvalue weighted by molar-refractivity contribution is 6.30. The number of halogens is 1. The molecule has 4 nitrogen and oxygen atoms in total. The van der Waals surface area contributed by atoms with E-state index in [1.807, 2.05) is 24.3 Å². The van der Waals surface area contributed by atoms with Crippen LogP contribution in [-0.4, -0.2) is 28.2 Å². The molecule has 0 amide bonds. The van der Waals surface area contributed by atoms with Crippen LogP contribution in [0.2, 0.25) is 5.02 Å². The molecule has 0 saturated heterocycles. The molecule has 0 aliphatic heterocycles. The molecule has 0 aliphatic rings. The van der Waals surface area contributed by atoms with E-state index in [1.54, 1.807) is 18.6 Å². The zero-order valence-electron chi connectivity index (χ0n) is 10.5. The predicted molar refractivity (Wildman–Crippen MR) is 76.2 cm³/mol. The molecule has 0 unspecified atom stereocenters. The van der Waals surface area contributed by atoms with Crippen molar-refractivity contribution in [2.45, 2.75) is 13.0 Å². The third-order valence-corrected chi connectivity index (χ3v) is 2.96. The lowest BCUT2D eigenvalue weighted by Gasteiger charge is -2.23. The van der Waals surface area contributed by atoms with E-state index >= 15 is 0 Å². The second-order valence-corrected chi connectivity index (χ2v) is 4.63. The summed E-state index contributed by atoms with van der Waals surface area (Å²) in [6.45, 7) is 1.58. The van der Waals surface area contributed by atoms with Crippen molar-refractivity contribution in [1.82, 2.24) is 9.97 Å². The van der Waals surface area contributed by atoms with Crippen LogP contribution in [0.5, 0.6) is 0 Å². The van der Waals surface area contributed by atoms with Crippen LogP contribution < -0.4 is 4.90 Å². The van der Waals surface area contributed by atoms with Gasteiger partial charge in [0.2, 0.25) is 0 Å². The van der Waals surface area contributed by atoms with Gasteiger partial charge in [0.05, 0.1) is 6.20 Å². The van der Waals surface area contributed by atoms with Crippen LogP contribution in [0.25, 0.3) is 0 Å². The molecule has 100 valence electrons. The maximum atomic E-state index is 8.99. The van der Waals surface area contributed by atoms with Gasteiger partial charge in [0.1, 0.15) is 5.82 Å². The average molecular weight is 278 g/mol. The fourth-order valence-corrected chi connectivity index (χ4v) is 2.06. The maximum absolute atomic E-state index is 8.99. The van der Waals surface area contributed by atoms with Crippen molar-refractivity contribution in [3.05, 3.63) is 53.4 Å². The Kier molecular flexibility index (Phi) is 5.12. The van der Waals surface area contributed by atoms with E-state index in [4.69, 9.17) is 16.7 Å². The van der Waals surface area contributed by atoms with Crippen LogP contribution in [-0.2, 0) is 6.54 Å². The van der Waals surface area contributed by atoms with Gasteiger partial charge in [-0.05, 0) is 24.1 Å². The van der Waals surface area contributed by atoms with Crippen LogP contribution in [0.1, 0.15) is 12.0 Å². The minimum absolute atomic E-state index is 0.159. The first-order valence-corrected chi connectivity index (χ1v) is 6.53. The second-order valence-electron chi connectivity index (χ2n) is 4.19. The van der Waals surface area contributed by atoms with Gasteiger partial charge in [-0.15, -0.1) is 0 Å². The Balaban J connectivity index is 2.14. The lowest BCUT2D eigenvalue weighted by atomic mass is 10.2. The molecule has 0 radical (unpaired) electrons. The largest absolute Gasteiger partial charge is 0.396 e. The second kappa shape index (κ2) is 7.07. The summed E-state index contributed by atoms with van der Waals surface area (Å²) in [5.74, 6) is 0.802. The number of rotatable bonds is 6. The average Bonchev–Trinajstić information content (AvgIpc) is 2.44. The first-order valence-electron chi connectivity index (χ1n) is 6.16. The van der Waals surface area contributed by atoms with Gasteiger partial charge in [-0.1, -0.05) is 23.7 Å². The number of hydrogen-bond acceptors (Lipinski definition) is 4. The molecule has 0 aliphatic carbocycles. The Hall–Kier alpha value is -1.65. The summed E-state index contributed by atoms with van der Waals surface area (Å²) in [7, 11) is 0. The molecular formula is C14H16ClN3O. The van der Waals surface area contributed by atoms with Crippen LogP contribution in [0.4, 0.5) is 5.82 Å². The molecule has 0 saturated carbocycles. The smallest absolute Gasteiger partial charge is 0.147 e. The fraction of sp³-hybridized carbons (Fsp3) is 0.286. The quantitative estimate of drug-likeness (QED) is 0.881. The zero-order valence-corrected chi connectivity index (χ0v) is 11.3. The Bertz CT molecular complexity index is 507. The lowest BCUT2D eigenvalue weighted by Crippen LogP contribution is -2.25. The normalized spacial score (nSPS) is 10.4. The SMILES string of the molecule is OCCCN(Cc1cccc(Cl)c1)c1cnccn1. The van der Waals surface area contributed by atoms with Crippen LogP contribution in [0, 0.1) is 0 Å². The summed E-state index contributed by atoms with van der Waals surface area (Å²) in [5, 5.41) is 9.71. The van der Waals surface area contributed by atoms with Gasteiger partial charge in [0.25, 0.3) is 0 Å². The van der Waals surface area contributed by atoms with Crippen molar-refractivity contribution in [2.24, 2.45) is 0 Å². The van der Waals surface area contributed by atoms with E-state index in [-0.39, 0.29) is 6.61 Å². The Morgan fingerprint density at radius 3 is 2.84 bits per heavy atom. The Morgan fingerprint density at radius 2 is 2.16 bits per heavy atom. The summed E-state index contributed by atoms with van der Waals surface area (Å²) in [6, 6.07) is 7.74. The molecule has 1 heterocycles. The molecule has 2 aromatic rings. The van der Waals surface area contributed by atoms with Crippen LogP contribution in [0.15, 0.2) is 42.9 Å². The predicted octanol–water partition coefficient (Wildman–Crippen LogP) is 2.52. The van der Waals surface area contributed by atoms with E-state index < -0.39 is 0 Å². The molecule has 0 atom stereocenters. The molecule has 1 aromatic carbocycles. The first kappa shape index (κ1) is 13.8. The number of aliphatic hydroxyl groups excluding tert-OH is 1. The zero-order chi connectivity index (χ0) is 13.5. The van der Waals surface area contributed by atoms with Gasteiger partial charge in [-0.25, -0.2) is 4.98 Å². The number of benzene rings is 1. The minimum Gasteiger partial charge on any atom is -0.396 e. The summed E-state index contributed by atoms with van der Waals surface area (Å²) >= 11 is 5.99. The molecule has 1 aromatic heterocycles. The van der Waals surface area contributed by atoms with Crippen molar-refractivity contribution in [2.75, 3.05) is 18.1 Å². The maximum Gasteiger partial charge on any atom is 0.147 e. The van der Waals surface area contributed by atoms with Gasteiger partial charge in [-0.2, -0.15) is 0 Å². The number of nitrogens with zero attached hydrogens (tertiary/aromatic N) is 3. The highest BCUT2D eigenvalue weighted by Gasteiger charge is 2.08. The highest BCUT2D eigenvalue weighted by Crippen LogP contribution is 2.16. The highest BCUT2D eigenvalue weighted by atomic mass is 35.5. The number of anilines is 1. The lowest BCUT2D eigenvalue weighted by molar-refractivity contribution is 0.289. The molecule has 5 heteroatoms. The fourth-order valence-electron chi connectivity index (χ4n) is 1.85. The van der Waals surface area contributed by atoms with Gasteiger partial charge in [-0.3, -0.25) is 4.98 Å². The molecule has 1 N–H and O–H groups in total. The molecule has 0 bridgehead atoms. The molecule has 2 rings (SSSR count). The van der Waals surface area contributed by atoms with Gasteiger partial charge < -0.3 is 10.0 Å². The van der Waals surface area contributed by atoms with Gasteiger partial charge in [0.15, 0.2) is 0 Å².